The average molecular weight is 490 g/mol. The fourth-order valence-corrected chi connectivity index (χ4v) is 5.91. The molecule has 5 nitrogen and oxygen atoms in total. The van der Waals surface area contributed by atoms with Crippen molar-refractivity contribution in [1.29, 1.82) is 0 Å². The van der Waals surface area contributed by atoms with E-state index in [4.69, 9.17) is 11.6 Å². The van der Waals surface area contributed by atoms with E-state index < -0.39 is 10.0 Å². The maximum atomic E-state index is 12.9. The second-order valence-electron chi connectivity index (χ2n) is 5.97. The molecule has 1 aliphatic rings. The minimum absolute atomic E-state index is 0.172. The normalized spacial score (nSPS) is 15.7. The van der Waals surface area contributed by atoms with Crippen LogP contribution in [0.4, 0.5) is 0 Å². The number of hydrogen-bond acceptors (Lipinski definition) is 4. The Labute approximate surface area is 176 Å². The highest BCUT2D eigenvalue weighted by atomic mass is 79.9. The molecule has 1 saturated heterocycles. The van der Waals surface area contributed by atoms with Crippen LogP contribution in [-0.2, 0) is 10.0 Å². The van der Waals surface area contributed by atoms with Gasteiger partial charge in [-0.3, -0.25) is 4.79 Å². The second kappa shape index (κ2) is 8.53. The van der Waals surface area contributed by atoms with Crippen LogP contribution in [-0.4, -0.2) is 56.0 Å². The summed E-state index contributed by atoms with van der Waals surface area (Å²) < 4.78 is 27.7. The number of piperazine rings is 1. The van der Waals surface area contributed by atoms with Gasteiger partial charge in [-0.25, -0.2) is 8.42 Å². The van der Waals surface area contributed by atoms with Crippen LogP contribution in [0.25, 0.3) is 0 Å². The van der Waals surface area contributed by atoms with Crippen molar-refractivity contribution in [3.63, 3.8) is 0 Å². The molecule has 0 aromatic heterocycles. The highest BCUT2D eigenvalue weighted by Gasteiger charge is 2.32. The van der Waals surface area contributed by atoms with Gasteiger partial charge in [0.25, 0.3) is 5.91 Å². The van der Waals surface area contributed by atoms with E-state index in [-0.39, 0.29) is 23.9 Å². The summed E-state index contributed by atoms with van der Waals surface area (Å²) in [6, 6.07) is 12.1. The van der Waals surface area contributed by atoms with Gasteiger partial charge < -0.3 is 4.90 Å². The van der Waals surface area contributed by atoms with Crippen LogP contribution in [0.5, 0.6) is 0 Å². The van der Waals surface area contributed by atoms with Crippen molar-refractivity contribution in [2.75, 3.05) is 32.4 Å². The van der Waals surface area contributed by atoms with E-state index in [1.165, 1.54) is 16.1 Å². The van der Waals surface area contributed by atoms with Gasteiger partial charge in [0, 0.05) is 35.5 Å². The van der Waals surface area contributed by atoms with Gasteiger partial charge in [-0.2, -0.15) is 4.31 Å². The molecule has 0 spiro atoms. The molecule has 144 valence electrons. The molecule has 0 unspecified atom stereocenters. The maximum Gasteiger partial charge on any atom is 0.255 e. The maximum absolute atomic E-state index is 12.9. The SMILES string of the molecule is CSc1ccc(Cl)c(C(=O)N2CCN(S(=O)(=O)c3ccccc3Br)CC2)c1. The molecule has 9 heteroatoms. The summed E-state index contributed by atoms with van der Waals surface area (Å²) in [7, 11) is -3.61. The van der Waals surface area contributed by atoms with E-state index in [0.717, 1.165) is 4.90 Å². The number of hydrogen-bond donors (Lipinski definition) is 0. The highest BCUT2D eigenvalue weighted by Crippen LogP contribution is 2.27. The summed E-state index contributed by atoms with van der Waals surface area (Å²) >= 11 is 11.0. The Morgan fingerprint density at radius 3 is 2.41 bits per heavy atom. The first-order chi connectivity index (χ1) is 12.8. The fourth-order valence-electron chi connectivity index (χ4n) is 2.89. The molecule has 27 heavy (non-hydrogen) atoms. The zero-order chi connectivity index (χ0) is 19.6. The zero-order valence-corrected chi connectivity index (χ0v) is 18.5. The van der Waals surface area contributed by atoms with Crippen LogP contribution in [0.1, 0.15) is 10.4 Å². The number of benzene rings is 2. The van der Waals surface area contributed by atoms with Crippen LogP contribution in [0, 0.1) is 0 Å². The van der Waals surface area contributed by atoms with Gasteiger partial charge in [0.05, 0.1) is 15.5 Å². The predicted molar refractivity (Wildman–Crippen MR) is 112 cm³/mol. The summed E-state index contributed by atoms with van der Waals surface area (Å²) in [5.41, 5.74) is 0.450. The number of sulfonamides is 1. The summed E-state index contributed by atoms with van der Waals surface area (Å²) in [4.78, 5) is 15.7. The number of amides is 1. The van der Waals surface area contributed by atoms with Crippen LogP contribution in [0.3, 0.4) is 0 Å². The van der Waals surface area contributed by atoms with Crippen LogP contribution >= 0.6 is 39.3 Å². The number of carbonyl (C=O) groups is 1. The van der Waals surface area contributed by atoms with E-state index in [1.54, 1.807) is 41.3 Å². The van der Waals surface area contributed by atoms with Gasteiger partial charge in [-0.15, -0.1) is 11.8 Å². The molecule has 0 aliphatic carbocycles. The lowest BCUT2D eigenvalue weighted by molar-refractivity contribution is 0.0698. The lowest BCUT2D eigenvalue weighted by atomic mass is 10.2. The van der Waals surface area contributed by atoms with Gasteiger partial charge in [-0.1, -0.05) is 23.7 Å². The lowest BCUT2D eigenvalue weighted by Gasteiger charge is -2.34. The Morgan fingerprint density at radius 1 is 1.11 bits per heavy atom. The quantitative estimate of drug-likeness (QED) is 0.610. The van der Waals surface area contributed by atoms with Gasteiger partial charge in [0.1, 0.15) is 0 Å². The molecule has 1 fully saturated rings. The van der Waals surface area contributed by atoms with Crippen molar-refractivity contribution in [2.45, 2.75) is 9.79 Å². The third-order valence-corrected chi connectivity index (χ3v) is 8.35. The van der Waals surface area contributed by atoms with Gasteiger partial charge in [-0.05, 0) is 52.5 Å². The Hall–Kier alpha value is -1.06. The Morgan fingerprint density at radius 2 is 1.78 bits per heavy atom. The highest BCUT2D eigenvalue weighted by molar-refractivity contribution is 9.10. The average Bonchev–Trinajstić information content (AvgIpc) is 2.68. The number of carbonyl (C=O) groups excluding carboxylic acids is 1. The van der Waals surface area contributed by atoms with E-state index >= 15 is 0 Å². The minimum Gasteiger partial charge on any atom is -0.336 e. The van der Waals surface area contributed by atoms with Gasteiger partial charge >= 0.3 is 0 Å². The molecule has 3 rings (SSSR count). The topological polar surface area (TPSA) is 57.7 Å². The number of halogens is 2. The molecule has 1 heterocycles. The van der Waals surface area contributed by atoms with Crippen molar-refractivity contribution < 1.29 is 13.2 Å². The van der Waals surface area contributed by atoms with Gasteiger partial charge in [0.15, 0.2) is 0 Å². The fraction of sp³-hybridized carbons (Fsp3) is 0.278. The van der Waals surface area contributed by atoms with Crippen molar-refractivity contribution >= 4 is 55.2 Å². The third-order valence-electron chi connectivity index (χ3n) is 4.38. The first kappa shape index (κ1) is 20.7. The van der Waals surface area contributed by atoms with Crippen molar-refractivity contribution in [2.24, 2.45) is 0 Å². The van der Waals surface area contributed by atoms with Crippen LogP contribution in [0.15, 0.2) is 56.7 Å². The number of thioether (sulfide) groups is 1. The summed E-state index contributed by atoms with van der Waals surface area (Å²) in [5.74, 6) is -0.172. The zero-order valence-electron chi connectivity index (χ0n) is 14.6. The van der Waals surface area contributed by atoms with E-state index in [2.05, 4.69) is 15.9 Å². The predicted octanol–water partition coefficient (Wildman–Crippen LogP) is 3.97. The third kappa shape index (κ3) is 4.35. The van der Waals surface area contributed by atoms with E-state index in [9.17, 15) is 13.2 Å². The molecule has 2 aromatic rings. The van der Waals surface area contributed by atoms with E-state index in [0.29, 0.717) is 28.1 Å². The van der Waals surface area contributed by atoms with Crippen molar-refractivity contribution in [1.82, 2.24) is 9.21 Å². The molecule has 1 aliphatic heterocycles. The summed E-state index contributed by atoms with van der Waals surface area (Å²) in [6.45, 7) is 1.13. The minimum atomic E-state index is -3.61. The van der Waals surface area contributed by atoms with Crippen LogP contribution < -0.4 is 0 Å². The molecular formula is C18H18BrClN2O3S2. The van der Waals surface area contributed by atoms with E-state index in [1.807, 2.05) is 12.3 Å². The number of rotatable bonds is 4. The van der Waals surface area contributed by atoms with Crippen molar-refractivity contribution in [3.05, 3.63) is 57.5 Å². The molecule has 1 amide bonds. The smallest absolute Gasteiger partial charge is 0.255 e. The Balaban J connectivity index is 1.74. The second-order valence-corrected chi connectivity index (χ2v) is 10.0. The molecule has 2 aromatic carbocycles. The monoisotopic (exact) mass is 488 g/mol. The van der Waals surface area contributed by atoms with Crippen LogP contribution in [0.2, 0.25) is 5.02 Å². The first-order valence-corrected chi connectivity index (χ1v) is 12.1. The number of nitrogens with zero attached hydrogens (tertiary/aromatic N) is 2. The first-order valence-electron chi connectivity index (χ1n) is 8.22. The summed E-state index contributed by atoms with van der Waals surface area (Å²) in [5, 5.41) is 0.404. The standard InChI is InChI=1S/C18H18BrClN2O3S2/c1-26-13-6-7-16(20)14(12-13)18(23)21-8-10-22(11-9-21)27(24,25)17-5-3-2-4-15(17)19/h2-7,12H,8-11H2,1H3. The van der Waals surface area contributed by atoms with Crippen molar-refractivity contribution in [3.8, 4) is 0 Å². The molecule has 0 saturated carbocycles. The Bertz CT molecular complexity index is 961. The van der Waals surface area contributed by atoms with Gasteiger partial charge in [0.2, 0.25) is 10.0 Å². The molecule has 0 atom stereocenters. The Kier molecular flexibility index (Phi) is 6.53. The molecular weight excluding hydrogens is 472 g/mol. The molecule has 0 radical (unpaired) electrons. The molecule has 0 bridgehead atoms. The summed E-state index contributed by atoms with van der Waals surface area (Å²) in [6.07, 6.45) is 1.93. The lowest BCUT2D eigenvalue weighted by Crippen LogP contribution is -2.50. The largest absolute Gasteiger partial charge is 0.336 e. The molecule has 0 N–H and O–H groups in total.